The van der Waals surface area contributed by atoms with E-state index < -0.39 is 0 Å². The number of fused-ring (bicyclic) bond motifs is 1. The zero-order valence-corrected chi connectivity index (χ0v) is 9.95. The molecule has 0 aromatic heterocycles. The summed E-state index contributed by atoms with van der Waals surface area (Å²) in [5.41, 5.74) is 2.25. The molecule has 0 heterocycles. The van der Waals surface area contributed by atoms with Gasteiger partial charge in [-0.25, -0.2) is 0 Å². The predicted molar refractivity (Wildman–Crippen MR) is 75.0 cm³/mol. The average molecular weight is 223 g/mol. The zero-order valence-electron chi connectivity index (χ0n) is 9.95. The van der Waals surface area contributed by atoms with Crippen molar-refractivity contribution in [2.75, 3.05) is 6.54 Å². The Bertz CT molecular complexity index is 535. The summed E-state index contributed by atoms with van der Waals surface area (Å²) in [7, 11) is 0. The molecule has 0 saturated carbocycles. The van der Waals surface area contributed by atoms with E-state index in [1.807, 2.05) is 0 Å². The van der Waals surface area contributed by atoms with E-state index >= 15 is 0 Å². The number of benzene rings is 2. The van der Waals surface area contributed by atoms with Crippen LogP contribution in [0.5, 0.6) is 0 Å². The van der Waals surface area contributed by atoms with Crippen molar-refractivity contribution in [1.29, 1.82) is 0 Å². The molecule has 86 valence electrons. The van der Waals surface area contributed by atoms with Crippen LogP contribution in [-0.2, 0) is 6.42 Å². The minimum absolute atomic E-state index is 0.880. The fraction of sp³-hybridized carbons (Fsp3) is 0.125. The van der Waals surface area contributed by atoms with E-state index in [1.165, 1.54) is 16.3 Å². The van der Waals surface area contributed by atoms with Gasteiger partial charge in [-0.3, -0.25) is 0 Å². The lowest BCUT2D eigenvalue weighted by Gasteiger charge is -2.08. The van der Waals surface area contributed by atoms with Crippen LogP contribution in [0.1, 0.15) is 5.56 Å². The fourth-order valence-electron chi connectivity index (χ4n) is 1.94. The molecule has 1 N–H and O–H groups in total. The molecule has 0 saturated heterocycles. The number of allylic oxidation sites excluding steroid dienone is 1. The maximum absolute atomic E-state index is 3.84. The molecule has 0 radical (unpaired) electrons. The Labute approximate surface area is 102 Å². The molecule has 2 rings (SSSR count). The van der Waals surface area contributed by atoms with E-state index in [0.29, 0.717) is 0 Å². The maximum Gasteiger partial charge on any atom is 0.0261 e. The van der Waals surface area contributed by atoms with Gasteiger partial charge in [0.25, 0.3) is 0 Å². The average Bonchev–Trinajstić information content (AvgIpc) is 2.39. The Hall–Kier alpha value is -2.02. The summed E-state index contributed by atoms with van der Waals surface area (Å²) < 4.78 is 0. The molecule has 0 aliphatic rings. The second-order valence-electron chi connectivity index (χ2n) is 4.04. The highest BCUT2D eigenvalue weighted by Crippen LogP contribution is 2.18. The molecule has 0 aliphatic carbocycles. The van der Waals surface area contributed by atoms with Gasteiger partial charge in [0, 0.05) is 12.2 Å². The highest BCUT2D eigenvalue weighted by atomic mass is 14.9. The number of hydrogen-bond acceptors (Lipinski definition) is 1. The van der Waals surface area contributed by atoms with E-state index in [1.54, 1.807) is 6.08 Å². The lowest BCUT2D eigenvalue weighted by molar-refractivity contribution is 0.811. The zero-order chi connectivity index (χ0) is 12.1. The lowest BCUT2D eigenvalue weighted by Crippen LogP contribution is -2.14. The van der Waals surface area contributed by atoms with Crippen molar-refractivity contribution in [3.05, 3.63) is 73.0 Å². The summed E-state index contributed by atoms with van der Waals surface area (Å²) in [5, 5.41) is 5.87. The molecular weight excluding hydrogens is 206 g/mol. The van der Waals surface area contributed by atoms with Crippen LogP contribution in [0.3, 0.4) is 0 Å². The third-order valence-corrected chi connectivity index (χ3v) is 2.87. The van der Waals surface area contributed by atoms with E-state index in [9.17, 15) is 0 Å². The highest BCUT2D eigenvalue weighted by Gasteiger charge is 1.99. The van der Waals surface area contributed by atoms with Crippen LogP contribution in [0.4, 0.5) is 0 Å². The summed E-state index contributed by atoms with van der Waals surface area (Å²) in [6.45, 7) is 8.40. The van der Waals surface area contributed by atoms with Gasteiger partial charge in [0.15, 0.2) is 0 Å². The van der Waals surface area contributed by atoms with E-state index in [2.05, 4.69) is 60.9 Å². The van der Waals surface area contributed by atoms with Gasteiger partial charge < -0.3 is 5.32 Å². The van der Waals surface area contributed by atoms with Gasteiger partial charge in [0.1, 0.15) is 0 Å². The normalized spacial score (nSPS) is 10.1. The number of hydrogen-bond donors (Lipinski definition) is 1. The monoisotopic (exact) mass is 223 g/mol. The van der Waals surface area contributed by atoms with Gasteiger partial charge in [0.2, 0.25) is 0 Å². The maximum atomic E-state index is 3.84. The van der Waals surface area contributed by atoms with Crippen molar-refractivity contribution in [3.8, 4) is 0 Å². The molecule has 0 unspecified atom stereocenters. The summed E-state index contributed by atoms with van der Waals surface area (Å²) in [6.07, 6.45) is 2.73. The van der Waals surface area contributed by atoms with Crippen LogP contribution in [0.2, 0.25) is 0 Å². The summed E-state index contributed by atoms with van der Waals surface area (Å²) in [5.74, 6) is 0. The van der Waals surface area contributed by atoms with Crippen LogP contribution in [0.15, 0.2) is 67.4 Å². The molecular formula is C16H17N. The molecule has 0 amide bonds. The third-order valence-electron chi connectivity index (χ3n) is 2.87. The number of rotatable bonds is 5. The van der Waals surface area contributed by atoms with E-state index in [-0.39, 0.29) is 0 Å². The van der Waals surface area contributed by atoms with Gasteiger partial charge in [-0.1, -0.05) is 55.6 Å². The van der Waals surface area contributed by atoms with Crippen molar-refractivity contribution in [2.45, 2.75) is 6.42 Å². The Morgan fingerprint density at radius 3 is 2.71 bits per heavy atom. The van der Waals surface area contributed by atoms with Gasteiger partial charge >= 0.3 is 0 Å². The van der Waals surface area contributed by atoms with Crippen molar-refractivity contribution < 1.29 is 0 Å². The molecule has 17 heavy (non-hydrogen) atoms. The Balaban J connectivity index is 2.13. The van der Waals surface area contributed by atoms with Gasteiger partial charge in [-0.15, -0.1) is 0 Å². The molecule has 0 spiro atoms. The first-order valence-electron chi connectivity index (χ1n) is 5.83. The summed E-state index contributed by atoms with van der Waals surface area (Å²) in [6, 6.07) is 14.9. The minimum atomic E-state index is 0.880. The largest absolute Gasteiger partial charge is 0.385 e. The van der Waals surface area contributed by atoms with Crippen molar-refractivity contribution >= 4 is 10.8 Å². The van der Waals surface area contributed by atoms with Gasteiger partial charge in [0.05, 0.1) is 0 Å². The van der Waals surface area contributed by atoms with E-state index in [0.717, 1.165) is 18.7 Å². The second-order valence-corrected chi connectivity index (χ2v) is 4.04. The molecule has 0 aliphatic heterocycles. The van der Waals surface area contributed by atoms with Gasteiger partial charge in [-0.2, -0.15) is 0 Å². The van der Waals surface area contributed by atoms with Crippen LogP contribution >= 0.6 is 0 Å². The third kappa shape index (κ3) is 2.76. The van der Waals surface area contributed by atoms with Crippen LogP contribution in [0.25, 0.3) is 10.8 Å². The Kier molecular flexibility index (Phi) is 3.61. The van der Waals surface area contributed by atoms with Crippen molar-refractivity contribution in [3.63, 3.8) is 0 Å². The first-order chi connectivity index (χ1) is 8.31. The summed E-state index contributed by atoms with van der Waals surface area (Å²) in [4.78, 5) is 0. The van der Waals surface area contributed by atoms with Gasteiger partial charge in [-0.05, 0) is 28.8 Å². The predicted octanol–water partition coefficient (Wildman–Crippen LogP) is 3.67. The SMILES string of the molecule is C=CC(=C)NCCc1cccc2ccccc12. The second kappa shape index (κ2) is 5.35. The molecule has 0 atom stereocenters. The molecule has 1 nitrogen and oxygen atoms in total. The number of nitrogens with one attached hydrogen (secondary N) is 1. The Morgan fingerprint density at radius 2 is 1.88 bits per heavy atom. The van der Waals surface area contributed by atoms with Crippen molar-refractivity contribution in [2.24, 2.45) is 0 Å². The summed E-state index contributed by atoms with van der Waals surface area (Å²) >= 11 is 0. The first-order valence-corrected chi connectivity index (χ1v) is 5.83. The Morgan fingerprint density at radius 1 is 1.12 bits per heavy atom. The van der Waals surface area contributed by atoms with Crippen molar-refractivity contribution in [1.82, 2.24) is 5.32 Å². The highest BCUT2D eigenvalue weighted by molar-refractivity contribution is 5.85. The van der Waals surface area contributed by atoms with Crippen LogP contribution in [-0.4, -0.2) is 6.54 Å². The topological polar surface area (TPSA) is 12.0 Å². The fourth-order valence-corrected chi connectivity index (χ4v) is 1.94. The molecule has 2 aromatic carbocycles. The smallest absolute Gasteiger partial charge is 0.0261 e. The molecule has 2 aromatic rings. The standard InChI is InChI=1S/C16H17N/c1-3-13(2)17-12-11-15-9-6-8-14-7-4-5-10-16(14)15/h3-10,17H,1-2,11-12H2. The quantitative estimate of drug-likeness (QED) is 0.763. The first kappa shape index (κ1) is 11.5. The molecule has 0 fully saturated rings. The minimum Gasteiger partial charge on any atom is -0.385 e. The lowest BCUT2D eigenvalue weighted by atomic mass is 10.0. The van der Waals surface area contributed by atoms with Crippen LogP contribution in [0, 0.1) is 0 Å². The molecule has 0 bridgehead atoms. The molecule has 1 heteroatoms. The van der Waals surface area contributed by atoms with Crippen LogP contribution < -0.4 is 5.32 Å². The van der Waals surface area contributed by atoms with E-state index in [4.69, 9.17) is 0 Å².